The third-order valence-corrected chi connectivity index (χ3v) is 2.81. The van der Waals surface area contributed by atoms with Gasteiger partial charge < -0.3 is 5.32 Å². The van der Waals surface area contributed by atoms with Crippen molar-refractivity contribution in [2.75, 3.05) is 0 Å². The molecule has 0 aliphatic heterocycles. The zero-order valence-electron chi connectivity index (χ0n) is 8.90. The molecule has 4 N–H and O–H groups in total. The summed E-state index contributed by atoms with van der Waals surface area (Å²) in [6.07, 6.45) is 3.18. The summed E-state index contributed by atoms with van der Waals surface area (Å²) in [7, 11) is 0. The number of hydrazine groups is 1. The number of nitrogens with one attached hydrogen (secondary N) is 2. The normalized spacial score (nSPS) is 17.9. The van der Waals surface area contributed by atoms with E-state index in [4.69, 9.17) is 5.84 Å². The van der Waals surface area contributed by atoms with Gasteiger partial charge in [0.2, 0.25) is 0 Å². The average Bonchev–Trinajstić information content (AvgIpc) is 2.29. The van der Waals surface area contributed by atoms with Gasteiger partial charge in [0, 0.05) is 0 Å². The first-order valence-corrected chi connectivity index (χ1v) is 5.16. The Morgan fingerprint density at radius 3 is 2.88 bits per heavy atom. The molecule has 1 atom stereocenters. The molecule has 0 radical (unpaired) electrons. The van der Waals surface area contributed by atoms with Crippen molar-refractivity contribution in [2.24, 2.45) is 5.84 Å². The van der Waals surface area contributed by atoms with E-state index in [1.165, 1.54) is 11.1 Å². The fourth-order valence-electron chi connectivity index (χ4n) is 2.10. The van der Waals surface area contributed by atoms with Crippen LogP contribution in [-0.2, 0) is 6.42 Å². The molecule has 2 rings (SSSR count). The first-order chi connectivity index (χ1) is 7.31. The van der Waals surface area contributed by atoms with Crippen LogP contribution in [0.1, 0.15) is 30.0 Å². The molecule has 1 aromatic rings. The van der Waals surface area contributed by atoms with Gasteiger partial charge in [-0.25, -0.2) is 10.6 Å². The number of amides is 2. The summed E-state index contributed by atoms with van der Waals surface area (Å²) in [6, 6.07) is 7.98. The van der Waals surface area contributed by atoms with Crippen LogP contribution in [0.2, 0.25) is 0 Å². The van der Waals surface area contributed by atoms with Gasteiger partial charge in [-0.1, -0.05) is 24.3 Å². The van der Waals surface area contributed by atoms with Crippen LogP contribution in [0.5, 0.6) is 0 Å². The summed E-state index contributed by atoms with van der Waals surface area (Å²) < 4.78 is 0. The first kappa shape index (κ1) is 12.8. The fraction of sp³-hybridized carbons (Fsp3) is 0.364. The number of rotatable bonds is 1. The van der Waals surface area contributed by atoms with Crippen LogP contribution in [-0.4, -0.2) is 6.03 Å². The van der Waals surface area contributed by atoms with E-state index in [0.29, 0.717) is 0 Å². The maximum absolute atomic E-state index is 11.1. The minimum absolute atomic E-state index is 0. The summed E-state index contributed by atoms with van der Waals surface area (Å²) >= 11 is 0. The number of carbonyl (C=O) groups is 1. The fourth-order valence-corrected chi connectivity index (χ4v) is 2.10. The molecule has 0 heterocycles. The number of halogens is 1. The van der Waals surface area contributed by atoms with E-state index in [1.807, 2.05) is 12.1 Å². The van der Waals surface area contributed by atoms with Gasteiger partial charge in [-0.2, -0.15) is 0 Å². The van der Waals surface area contributed by atoms with Gasteiger partial charge in [-0.15, -0.1) is 12.4 Å². The number of hydrogen-bond donors (Lipinski definition) is 3. The maximum atomic E-state index is 11.1. The van der Waals surface area contributed by atoms with Crippen LogP contribution < -0.4 is 16.6 Å². The van der Waals surface area contributed by atoms with Crippen LogP contribution >= 0.6 is 12.4 Å². The number of aryl methyl sites for hydroxylation is 1. The molecule has 0 bridgehead atoms. The van der Waals surface area contributed by atoms with Gasteiger partial charge >= 0.3 is 6.03 Å². The third-order valence-electron chi connectivity index (χ3n) is 2.81. The topological polar surface area (TPSA) is 67.1 Å². The summed E-state index contributed by atoms with van der Waals surface area (Å²) in [4.78, 5) is 11.1. The monoisotopic (exact) mass is 241 g/mol. The highest BCUT2D eigenvalue weighted by Crippen LogP contribution is 2.29. The lowest BCUT2D eigenvalue weighted by atomic mass is 9.88. The van der Waals surface area contributed by atoms with Crippen molar-refractivity contribution in [1.29, 1.82) is 0 Å². The predicted molar refractivity (Wildman–Crippen MR) is 65.2 cm³/mol. The Morgan fingerprint density at radius 1 is 1.38 bits per heavy atom. The van der Waals surface area contributed by atoms with Crippen LogP contribution in [0.15, 0.2) is 24.3 Å². The Morgan fingerprint density at radius 2 is 2.12 bits per heavy atom. The minimum atomic E-state index is -0.322. The van der Waals surface area contributed by atoms with Gasteiger partial charge in [0.15, 0.2) is 0 Å². The van der Waals surface area contributed by atoms with Crippen molar-refractivity contribution in [2.45, 2.75) is 25.3 Å². The van der Waals surface area contributed by atoms with Crippen molar-refractivity contribution < 1.29 is 4.79 Å². The van der Waals surface area contributed by atoms with E-state index < -0.39 is 0 Å². The Labute approximate surface area is 101 Å². The van der Waals surface area contributed by atoms with Crippen LogP contribution in [0.3, 0.4) is 0 Å². The molecular formula is C11H16ClN3O. The largest absolute Gasteiger partial charge is 0.330 e. The second-order valence-electron chi connectivity index (χ2n) is 3.76. The standard InChI is InChI=1S/C11H15N3O.ClH/c12-14-11(15)13-10-7-3-5-8-4-1-2-6-9(8)10;/h1-2,4,6,10H,3,5,7,12H2,(H2,13,14,15);1H. The molecule has 1 aromatic carbocycles. The first-order valence-electron chi connectivity index (χ1n) is 5.16. The Bertz CT molecular complexity index is 370. The highest BCUT2D eigenvalue weighted by molar-refractivity contribution is 5.85. The number of carbonyl (C=O) groups excluding carboxylic acids is 1. The molecule has 88 valence electrons. The molecule has 1 aliphatic rings. The number of fused-ring (bicyclic) bond motifs is 1. The second-order valence-corrected chi connectivity index (χ2v) is 3.76. The Kier molecular flexibility index (Phi) is 4.58. The van der Waals surface area contributed by atoms with Crippen LogP contribution in [0, 0.1) is 0 Å². The predicted octanol–water partition coefficient (Wildman–Crippen LogP) is 1.66. The van der Waals surface area contributed by atoms with Crippen LogP contribution in [0.25, 0.3) is 0 Å². The lowest BCUT2D eigenvalue weighted by Crippen LogP contribution is -2.42. The van der Waals surface area contributed by atoms with E-state index in [-0.39, 0.29) is 24.5 Å². The van der Waals surface area contributed by atoms with E-state index in [9.17, 15) is 4.79 Å². The number of benzene rings is 1. The molecule has 0 fully saturated rings. The summed E-state index contributed by atoms with van der Waals surface area (Å²) in [6.45, 7) is 0. The van der Waals surface area contributed by atoms with Gasteiger partial charge in [0.1, 0.15) is 0 Å². The second kappa shape index (κ2) is 5.72. The smallest absolute Gasteiger partial charge is 0.329 e. The molecular weight excluding hydrogens is 226 g/mol. The zero-order chi connectivity index (χ0) is 10.7. The van der Waals surface area contributed by atoms with E-state index >= 15 is 0 Å². The van der Waals surface area contributed by atoms with Crippen molar-refractivity contribution in [3.63, 3.8) is 0 Å². The zero-order valence-corrected chi connectivity index (χ0v) is 9.72. The van der Waals surface area contributed by atoms with Crippen LogP contribution in [0.4, 0.5) is 4.79 Å². The Hall–Kier alpha value is -1.26. The lowest BCUT2D eigenvalue weighted by molar-refractivity contribution is 0.236. The molecule has 2 amide bonds. The molecule has 0 saturated heterocycles. The molecule has 1 unspecified atom stereocenters. The van der Waals surface area contributed by atoms with Gasteiger partial charge in [-0.3, -0.25) is 5.43 Å². The average molecular weight is 242 g/mol. The van der Waals surface area contributed by atoms with E-state index in [2.05, 4.69) is 22.9 Å². The lowest BCUT2D eigenvalue weighted by Gasteiger charge is -2.25. The van der Waals surface area contributed by atoms with Crippen molar-refractivity contribution in [1.82, 2.24) is 10.7 Å². The van der Waals surface area contributed by atoms with Crippen molar-refractivity contribution in [3.8, 4) is 0 Å². The highest BCUT2D eigenvalue weighted by atomic mass is 35.5. The highest BCUT2D eigenvalue weighted by Gasteiger charge is 2.20. The Balaban J connectivity index is 0.00000128. The van der Waals surface area contributed by atoms with Gasteiger partial charge in [-0.05, 0) is 30.4 Å². The maximum Gasteiger partial charge on any atom is 0.329 e. The summed E-state index contributed by atoms with van der Waals surface area (Å²) in [5.41, 5.74) is 4.63. The number of hydrogen-bond acceptors (Lipinski definition) is 2. The minimum Gasteiger partial charge on any atom is -0.330 e. The molecule has 0 spiro atoms. The summed E-state index contributed by atoms with van der Waals surface area (Å²) in [5.74, 6) is 5.05. The SMILES string of the molecule is Cl.NNC(=O)NC1CCCc2ccccc21. The molecule has 0 aromatic heterocycles. The quantitative estimate of drug-likeness (QED) is 0.398. The summed E-state index contributed by atoms with van der Waals surface area (Å²) in [5, 5.41) is 2.85. The van der Waals surface area contributed by atoms with Gasteiger partial charge in [0.05, 0.1) is 6.04 Å². The molecule has 1 aliphatic carbocycles. The molecule has 4 nitrogen and oxygen atoms in total. The van der Waals surface area contributed by atoms with Gasteiger partial charge in [0.25, 0.3) is 0 Å². The molecule has 0 saturated carbocycles. The van der Waals surface area contributed by atoms with E-state index in [1.54, 1.807) is 0 Å². The number of urea groups is 1. The van der Waals surface area contributed by atoms with Crippen molar-refractivity contribution in [3.05, 3.63) is 35.4 Å². The molecule has 5 heteroatoms. The van der Waals surface area contributed by atoms with E-state index in [0.717, 1.165) is 19.3 Å². The third kappa shape index (κ3) is 2.65. The molecule has 16 heavy (non-hydrogen) atoms. The number of nitrogens with two attached hydrogens (primary N) is 1. The van der Waals surface area contributed by atoms with Crippen molar-refractivity contribution >= 4 is 18.4 Å².